The van der Waals surface area contributed by atoms with Crippen molar-refractivity contribution in [3.8, 4) is 0 Å². The van der Waals surface area contributed by atoms with Crippen molar-refractivity contribution in [2.24, 2.45) is 10.8 Å². The SMILES string of the molecule is CNC(=O)NC(C(=O)N1CC2(CCCCC2)CC1C(=O)NC(CCC(C)(F)F)C(=O)C(=O)NC1CC1)C(C)(C)C. The summed E-state index contributed by atoms with van der Waals surface area (Å²) in [6.07, 6.45) is 5.38. The molecule has 0 aromatic rings. The van der Waals surface area contributed by atoms with Crippen LogP contribution in [0.2, 0.25) is 0 Å². The number of ketones is 1. The second kappa shape index (κ2) is 12.4. The van der Waals surface area contributed by atoms with Gasteiger partial charge >= 0.3 is 6.03 Å². The van der Waals surface area contributed by atoms with E-state index in [-0.39, 0.29) is 11.5 Å². The summed E-state index contributed by atoms with van der Waals surface area (Å²) in [5.41, 5.74) is -0.969. The van der Waals surface area contributed by atoms with E-state index in [0.717, 1.165) is 51.9 Å². The van der Waals surface area contributed by atoms with Crippen LogP contribution in [-0.2, 0) is 19.2 Å². The smallest absolute Gasteiger partial charge is 0.315 e. The number of amides is 5. The lowest BCUT2D eigenvalue weighted by molar-refractivity contribution is -0.144. The molecule has 1 heterocycles. The molecule has 3 unspecified atom stereocenters. The van der Waals surface area contributed by atoms with Crippen LogP contribution in [0.3, 0.4) is 0 Å². The summed E-state index contributed by atoms with van der Waals surface area (Å²) in [5.74, 6) is -6.04. The van der Waals surface area contributed by atoms with E-state index in [1.54, 1.807) is 0 Å². The Kier molecular flexibility index (Phi) is 9.82. The number of halogens is 2. The predicted octanol–water partition coefficient (Wildman–Crippen LogP) is 2.65. The second-order valence-electron chi connectivity index (χ2n) is 13.1. The molecule has 1 saturated heterocycles. The van der Waals surface area contributed by atoms with Crippen LogP contribution in [0.15, 0.2) is 0 Å². The van der Waals surface area contributed by atoms with Crippen molar-refractivity contribution in [2.75, 3.05) is 13.6 Å². The average molecular weight is 570 g/mol. The summed E-state index contributed by atoms with van der Waals surface area (Å²) in [7, 11) is 1.44. The van der Waals surface area contributed by atoms with Gasteiger partial charge in [-0.05, 0) is 56.3 Å². The van der Waals surface area contributed by atoms with Crippen molar-refractivity contribution in [1.82, 2.24) is 26.2 Å². The van der Waals surface area contributed by atoms with Gasteiger partial charge in [-0.3, -0.25) is 19.2 Å². The highest BCUT2D eigenvalue weighted by molar-refractivity contribution is 6.38. The van der Waals surface area contributed by atoms with Gasteiger partial charge in [-0.1, -0.05) is 40.0 Å². The standard InChI is InChI=1S/C28H45F2N5O5/c1-26(2,3)21(34-25(40)31-5)24(39)35-16-28(12-7-6-8-13-28)15-19(35)22(37)33-18(11-14-27(4,29)30)20(36)23(38)32-17-9-10-17/h17-19,21H,6-16H2,1-5H3,(H,32,38)(H,33,37)(H2,31,34,40). The van der Waals surface area contributed by atoms with Gasteiger partial charge in [-0.2, -0.15) is 0 Å². The molecule has 3 fully saturated rings. The van der Waals surface area contributed by atoms with Crippen molar-refractivity contribution < 1.29 is 32.8 Å². The summed E-state index contributed by atoms with van der Waals surface area (Å²) < 4.78 is 27.5. The number of Topliss-reactive ketones (excluding diaryl/α,β-unsaturated/α-hetero) is 1. The zero-order valence-electron chi connectivity index (χ0n) is 24.3. The van der Waals surface area contributed by atoms with E-state index in [1.807, 2.05) is 20.8 Å². The Labute approximate surface area is 235 Å². The van der Waals surface area contributed by atoms with Crippen LogP contribution in [0.1, 0.15) is 91.9 Å². The number of rotatable bonds is 10. The number of urea groups is 1. The highest BCUT2D eigenvalue weighted by atomic mass is 19.3. The molecule has 4 N–H and O–H groups in total. The zero-order valence-corrected chi connectivity index (χ0v) is 24.3. The Bertz CT molecular complexity index is 983. The maximum atomic E-state index is 14.0. The predicted molar refractivity (Wildman–Crippen MR) is 144 cm³/mol. The summed E-state index contributed by atoms with van der Waals surface area (Å²) >= 11 is 0. The Morgan fingerprint density at radius 3 is 2.12 bits per heavy atom. The van der Waals surface area contributed by atoms with Gasteiger partial charge in [0.1, 0.15) is 12.1 Å². The molecule has 0 bridgehead atoms. The lowest BCUT2D eigenvalue weighted by atomic mass is 9.72. The van der Waals surface area contributed by atoms with Crippen molar-refractivity contribution in [1.29, 1.82) is 0 Å². The number of hydrogen-bond acceptors (Lipinski definition) is 5. The molecular formula is C28H45F2N5O5. The molecule has 2 aliphatic carbocycles. The molecule has 10 nitrogen and oxygen atoms in total. The third-order valence-corrected chi connectivity index (χ3v) is 8.27. The maximum absolute atomic E-state index is 14.0. The molecular weight excluding hydrogens is 524 g/mol. The molecule has 3 atom stereocenters. The van der Waals surface area contributed by atoms with E-state index in [0.29, 0.717) is 13.0 Å². The highest BCUT2D eigenvalue weighted by Crippen LogP contribution is 2.47. The van der Waals surface area contributed by atoms with Crippen molar-refractivity contribution >= 4 is 29.5 Å². The van der Waals surface area contributed by atoms with E-state index in [4.69, 9.17) is 0 Å². The summed E-state index contributed by atoms with van der Waals surface area (Å²) in [4.78, 5) is 66.9. The Morgan fingerprint density at radius 1 is 0.975 bits per heavy atom. The minimum Gasteiger partial charge on any atom is -0.347 e. The summed E-state index contributed by atoms with van der Waals surface area (Å²) in [6, 6.07) is -4.00. The number of carbonyl (C=O) groups excluding carboxylic acids is 5. The van der Waals surface area contributed by atoms with Gasteiger partial charge in [0.25, 0.3) is 5.91 Å². The van der Waals surface area contributed by atoms with Gasteiger partial charge in [0, 0.05) is 26.1 Å². The molecule has 12 heteroatoms. The number of alkyl halides is 2. The Morgan fingerprint density at radius 2 is 1.60 bits per heavy atom. The molecule has 226 valence electrons. The molecule has 3 aliphatic rings. The minimum atomic E-state index is -3.09. The van der Waals surface area contributed by atoms with E-state index in [9.17, 15) is 32.8 Å². The zero-order chi connectivity index (χ0) is 29.9. The first-order valence-corrected chi connectivity index (χ1v) is 14.4. The number of likely N-dealkylation sites (tertiary alicyclic amines) is 1. The monoisotopic (exact) mass is 569 g/mol. The van der Waals surface area contributed by atoms with Crippen LogP contribution in [0.25, 0.3) is 0 Å². The Hall–Kier alpha value is -2.79. The Balaban J connectivity index is 1.87. The number of nitrogens with zero attached hydrogens (tertiary/aromatic N) is 1. The number of nitrogens with one attached hydrogen (secondary N) is 4. The van der Waals surface area contributed by atoms with E-state index in [2.05, 4.69) is 21.3 Å². The quantitative estimate of drug-likeness (QED) is 0.300. The van der Waals surface area contributed by atoms with Crippen LogP contribution < -0.4 is 21.3 Å². The van der Waals surface area contributed by atoms with E-state index in [1.165, 1.54) is 11.9 Å². The van der Waals surface area contributed by atoms with Gasteiger partial charge in [-0.15, -0.1) is 0 Å². The fourth-order valence-corrected chi connectivity index (χ4v) is 5.78. The summed E-state index contributed by atoms with van der Waals surface area (Å²) in [6.45, 7) is 6.47. The topological polar surface area (TPSA) is 137 Å². The molecule has 0 radical (unpaired) electrons. The molecule has 2 saturated carbocycles. The fourth-order valence-electron chi connectivity index (χ4n) is 5.78. The molecule has 3 rings (SSSR count). The van der Waals surface area contributed by atoms with Crippen molar-refractivity contribution in [3.63, 3.8) is 0 Å². The van der Waals surface area contributed by atoms with Crippen LogP contribution in [0.4, 0.5) is 13.6 Å². The van der Waals surface area contributed by atoms with Gasteiger partial charge < -0.3 is 26.2 Å². The van der Waals surface area contributed by atoms with Crippen molar-refractivity contribution in [2.45, 2.75) is 122 Å². The lowest BCUT2D eigenvalue weighted by Crippen LogP contribution is -2.60. The molecule has 0 aromatic carbocycles. The second-order valence-corrected chi connectivity index (χ2v) is 13.1. The minimum absolute atomic E-state index is 0.114. The fraction of sp³-hybridized carbons (Fsp3) is 0.821. The molecule has 5 amide bonds. The lowest BCUT2D eigenvalue weighted by Gasteiger charge is -2.36. The average Bonchev–Trinajstić information content (AvgIpc) is 3.61. The maximum Gasteiger partial charge on any atom is 0.315 e. The summed E-state index contributed by atoms with van der Waals surface area (Å²) in [5, 5.41) is 10.3. The molecule has 1 aliphatic heterocycles. The third-order valence-electron chi connectivity index (χ3n) is 8.27. The first-order valence-electron chi connectivity index (χ1n) is 14.4. The first-order chi connectivity index (χ1) is 18.5. The van der Waals surface area contributed by atoms with Crippen LogP contribution in [0.5, 0.6) is 0 Å². The first kappa shape index (κ1) is 31.7. The van der Waals surface area contributed by atoms with Gasteiger partial charge in [0.05, 0.1) is 6.04 Å². The van der Waals surface area contributed by atoms with Gasteiger partial charge in [0.2, 0.25) is 23.5 Å². The number of hydrogen-bond donors (Lipinski definition) is 4. The van der Waals surface area contributed by atoms with E-state index >= 15 is 0 Å². The van der Waals surface area contributed by atoms with Crippen LogP contribution >= 0.6 is 0 Å². The molecule has 1 spiro atoms. The molecule has 40 heavy (non-hydrogen) atoms. The molecule has 0 aromatic heterocycles. The number of carbonyl (C=O) groups is 5. The normalized spacial score (nSPS) is 22.3. The van der Waals surface area contributed by atoms with Gasteiger partial charge in [0.15, 0.2) is 0 Å². The van der Waals surface area contributed by atoms with Crippen molar-refractivity contribution in [3.05, 3.63) is 0 Å². The van der Waals surface area contributed by atoms with Crippen LogP contribution in [-0.4, -0.2) is 78.1 Å². The van der Waals surface area contributed by atoms with Gasteiger partial charge in [-0.25, -0.2) is 13.6 Å². The highest BCUT2D eigenvalue weighted by Gasteiger charge is 2.51. The largest absolute Gasteiger partial charge is 0.347 e. The van der Waals surface area contributed by atoms with Crippen LogP contribution in [0, 0.1) is 10.8 Å². The van der Waals surface area contributed by atoms with E-state index < -0.39 is 71.8 Å². The third kappa shape index (κ3) is 8.36.